The van der Waals surface area contributed by atoms with Gasteiger partial charge in [-0.25, -0.2) is 8.42 Å². The normalized spacial score (nSPS) is 11.1. The molecule has 7 heteroatoms. The second-order valence-corrected chi connectivity index (χ2v) is 8.50. The van der Waals surface area contributed by atoms with E-state index in [0.29, 0.717) is 22.0 Å². The van der Waals surface area contributed by atoms with Gasteiger partial charge in [-0.3, -0.25) is 9.52 Å². The summed E-state index contributed by atoms with van der Waals surface area (Å²) in [5.41, 5.74) is 2.76. The molecule has 0 atom stereocenters. The molecule has 0 aliphatic heterocycles. The molecule has 0 aliphatic rings. The molecule has 0 fully saturated rings. The third kappa shape index (κ3) is 4.71. The van der Waals surface area contributed by atoms with Crippen molar-refractivity contribution < 1.29 is 13.2 Å². The summed E-state index contributed by atoms with van der Waals surface area (Å²) in [5, 5.41) is 3.29. The minimum atomic E-state index is -3.84. The fourth-order valence-corrected chi connectivity index (χ4v) is 4.13. The number of benzene rings is 3. The van der Waals surface area contributed by atoms with Crippen LogP contribution in [0.3, 0.4) is 0 Å². The zero-order valence-corrected chi connectivity index (χ0v) is 16.9. The molecule has 0 unspecified atom stereocenters. The summed E-state index contributed by atoms with van der Waals surface area (Å²) in [5.74, 6) is -0.408. The van der Waals surface area contributed by atoms with Crippen LogP contribution in [0.15, 0.2) is 71.6 Å². The van der Waals surface area contributed by atoms with E-state index in [4.69, 9.17) is 11.6 Å². The van der Waals surface area contributed by atoms with Crippen molar-refractivity contribution >= 4 is 38.9 Å². The molecule has 144 valence electrons. The minimum Gasteiger partial charge on any atom is -0.322 e. The number of amides is 1. The van der Waals surface area contributed by atoms with Crippen molar-refractivity contribution in [3.05, 3.63) is 88.4 Å². The largest absolute Gasteiger partial charge is 0.322 e. The van der Waals surface area contributed by atoms with Gasteiger partial charge in [0.05, 0.1) is 4.90 Å². The summed E-state index contributed by atoms with van der Waals surface area (Å²) < 4.78 is 28.3. The van der Waals surface area contributed by atoms with Crippen LogP contribution in [-0.4, -0.2) is 14.3 Å². The Balaban J connectivity index is 1.87. The Hall–Kier alpha value is -2.83. The van der Waals surface area contributed by atoms with E-state index in [1.54, 1.807) is 61.5 Å². The summed E-state index contributed by atoms with van der Waals surface area (Å²) in [4.78, 5) is 12.6. The molecule has 0 aliphatic carbocycles. The van der Waals surface area contributed by atoms with Crippen LogP contribution in [0.4, 0.5) is 11.4 Å². The Morgan fingerprint density at radius 3 is 2.29 bits per heavy atom. The van der Waals surface area contributed by atoms with Gasteiger partial charge in [0.15, 0.2) is 0 Å². The second kappa shape index (κ2) is 8.04. The van der Waals surface area contributed by atoms with E-state index in [1.165, 1.54) is 6.07 Å². The minimum absolute atomic E-state index is 0.0535. The van der Waals surface area contributed by atoms with Crippen molar-refractivity contribution in [1.29, 1.82) is 0 Å². The maximum atomic E-state index is 12.8. The van der Waals surface area contributed by atoms with Crippen LogP contribution >= 0.6 is 11.6 Å². The van der Waals surface area contributed by atoms with Crippen LogP contribution < -0.4 is 10.0 Å². The number of sulfonamides is 1. The first-order valence-corrected chi connectivity index (χ1v) is 10.4. The highest BCUT2D eigenvalue weighted by molar-refractivity contribution is 7.92. The van der Waals surface area contributed by atoms with E-state index in [0.717, 1.165) is 5.56 Å². The molecular weight excluding hydrogens is 396 g/mol. The van der Waals surface area contributed by atoms with E-state index in [1.807, 2.05) is 13.0 Å². The fraction of sp³-hybridized carbons (Fsp3) is 0.0952. The Morgan fingerprint density at radius 2 is 1.61 bits per heavy atom. The zero-order chi connectivity index (χ0) is 20.3. The Labute approximate surface area is 169 Å². The van der Waals surface area contributed by atoms with Crippen LogP contribution in [-0.2, 0) is 10.0 Å². The monoisotopic (exact) mass is 414 g/mol. The van der Waals surface area contributed by atoms with Gasteiger partial charge in [-0.2, -0.15) is 0 Å². The van der Waals surface area contributed by atoms with Crippen molar-refractivity contribution in [2.75, 3.05) is 10.0 Å². The highest BCUT2D eigenvalue weighted by atomic mass is 35.5. The quantitative estimate of drug-likeness (QED) is 0.616. The number of halogens is 1. The first-order chi connectivity index (χ1) is 13.2. The van der Waals surface area contributed by atoms with Crippen LogP contribution in [0.1, 0.15) is 21.5 Å². The van der Waals surface area contributed by atoms with E-state index in [9.17, 15) is 13.2 Å². The molecule has 0 bridgehead atoms. The number of nitrogens with one attached hydrogen (secondary N) is 2. The SMILES string of the molecule is Cc1cccc(NS(=O)(=O)c2cc(C(=O)Nc3ccc(Cl)cc3)ccc2C)c1. The van der Waals surface area contributed by atoms with Gasteiger partial charge in [-0.05, 0) is 73.5 Å². The standard InChI is InChI=1S/C21H19ClN2O3S/c1-14-4-3-5-19(12-14)24-28(26,27)20-13-16(7-6-15(20)2)21(25)23-18-10-8-17(22)9-11-18/h3-13,24H,1-2H3,(H,23,25). The van der Waals surface area contributed by atoms with Crippen LogP contribution in [0.25, 0.3) is 0 Å². The summed E-state index contributed by atoms with van der Waals surface area (Å²) >= 11 is 5.84. The molecule has 3 aromatic carbocycles. The van der Waals surface area contributed by atoms with Crippen molar-refractivity contribution in [3.8, 4) is 0 Å². The van der Waals surface area contributed by atoms with E-state index >= 15 is 0 Å². The second-order valence-electron chi connectivity index (χ2n) is 6.42. The third-order valence-electron chi connectivity index (χ3n) is 4.11. The van der Waals surface area contributed by atoms with Crippen LogP contribution in [0, 0.1) is 13.8 Å². The van der Waals surface area contributed by atoms with Gasteiger partial charge in [0.25, 0.3) is 15.9 Å². The fourth-order valence-electron chi connectivity index (χ4n) is 2.69. The number of aryl methyl sites for hydroxylation is 2. The molecular formula is C21H19ClN2O3S. The molecule has 5 nitrogen and oxygen atoms in total. The first kappa shape index (κ1) is 19.9. The van der Waals surface area contributed by atoms with Crippen LogP contribution in [0.2, 0.25) is 5.02 Å². The third-order valence-corrected chi connectivity index (χ3v) is 5.89. The molecule has 0 aromatic heterocycles. The predicted molar refractivity (Wildman–Crippen MR) is 113 cm³/mol. The van der Waals surface area contributed by atoms with Crippen molar-refractivity contribution in [1.82, 2.24) is 0 Å². The first-order valence-electron chi connectivity index (χ1n) is 8.52. The van der Waals surface area contributed by atoms with E-state index in [-0.39, 0.29) is 10.5 Å². The van der Waals surface area contributed by atoms with Gasteiger partial charge in [-0.15, -0.1) is 0 Å². The zero-order valence-electron chi connectivity index (χ0n) is 15.4. The average molecular weight is 415 g/mol. The highest BCUT2D eigenvalue weighted by Gasteiger charge is 2.19. The molecule has 0 spiro atoms. The maximum Gasteiger partial charge on any atom is 0.262 e. The number of carbonyl (C=O) groups is 1. The summed E-state index contributed by atoms with van der Waals surface area (Å²) in [7, 11) is -3.84. The molecule has 2 N–H and O–H groups in total. The van der Waals surface area contributed by atoms with Gasteiger partial charge >= 0.3 is 0 Å². The number of rotatable bonds is 5. The van der Waals surface area contributed by atoms with Gasteiger partial charge in [-0.1, -0.05) is 29.8 Å². The molecule has 0 saturated heterocycles. The van der Waals surface area contributed by atoms with E-state index < -0.39 is 15.9 Å². The van der Waals surface area contributed by atoms with Gasteiger partial charge < -0.3 is 5.32 Å². The lowest BCUT2D eigenvalue weighted by molar-refractivity contribution is 0.102. The van der Waals surface area contributed by atoms with Crippen molar-refractivity contribution in [3.63, 3.8) is 0 Å². The smallest absolute Gasteiger partial charge is 0.262 e. The topological polar surface area (TPSA) is 75.3 Å². The Morgan fingerprint density at radius 1 is 0.893 bits per heavy atom. The average Bonchev–Trinajstić information content (AvgIpc) is 2.63. The van der Waals surface area contributed by atoms with Crippen molar-refractivity contribution in [2.24, 2.45) is 0 Å². The van der Waals surface area contributed by atoms with Crippen LogP contribution in [0.5, 0.6) is 0 Å². The van der Waals surface area contributed by atoms with E-state index in [2.05, 4.69) is 10.0 Å². The van der Waals surface area contributed by atoms with Crippen molar-refractivity contribution in [2.45, 2.75) is 18.7 Å². The molecule has 0 saturated carbocycles. The van der Waals surface area contributed by atoms with Gasteiger partial charge in [0.2, 0.25) is 0 Å². The predicted octanol–water partition coefficient (Wildman–Crippen LogP) is 5.01. The lowest BCUT2D eigenvalue weighted by atomic mass is 10.1. The summed E-state index contributed by atoms with van der Waals surface area (Å²) in [6.07, 6.45) is 0. The number of anilines is 2. The number of carbonyl (C=O) groups excluding carboxylic acids is 1. The summed E-state index contributed by atoms with van der Waals surface area (Å²) in [6.45, 7) is 3.57. The summed E-state index contributed by atoms with van der Waals surface area (Å²) in [6, 6.07) is 18.3. The number of hydrogen-bond donors (Lipinski definition) is 2. The maximum absolute atomic E-state index is 12.8. The number of hydrogen-bond acceptors (Lipinski definition) is 3. The highest BCUT2D eigenvalue weighted by Crippen LogP contribution is 2.22. The molecule has 28 heavy (non-hydrogen) atoms. The Bertz CT molecular complexity index is 1130. The van der Waals surface area contributed by atoms with Gasteiger partial charge in [0, 0.05) is 22.0 Å². The lowest BCUT2D eigenvalue weighted by Crippen LogP contribution is -2.17. The van der Waals surface area contributed by atoms with Gasteiger partial charge in [0.1, 0.15) is 0 Å². The Kier molecular flexibility index (Phi) is 5.72. The molecule has 0 heterocycles. The molecule has 3 aromatic rings. The molecule has 1 amide bonds. The lowest BCUT2D eigenvalue weighted by Gasteiger charge is -2.13. The molecule has 0 radical (unpaired) electrons. The molecule has 3 rings (SSSR count).